The van der Waals surface area contributed by atoms with E-state index in [9.17, 15) is 9.90 Å². The molecular weight excluding hydrogens is 400 g/mol. The molecule has 1 aliphatic rings. The number of benzene rings is 1. The average Bonchev–Trinajstić information content (AvgIpc) is 3.28. The predicted octanol–water partition coefficient (Wildman–Crippen LogP) is 3.28. The largest absolute Gasteiger partial charge is 0.488 e. The number of hydrogen-bond donors (Lipinski definition) is 1. The number of nitrogens with zero attached hydrogens (tertiary/aromatic N) is 4. The van der Waals surface area contributed by atoms with Crippen LogP contribution >= 0.6 is 11.3 Å². The lowest BCUT2D eigenvalue weighted by Crippen LogP contribution is -2.34. The van der Waals surface area contributed by atoms with Crippen molar-refractivity contribution in [3.63, 3.8) is 0 Å². The average molecular weight is 427 g/mol. The normalized spacial score (nSPS) is 19.5. The number of para-hydroxylation sites is 1. The smallest absolute Gasteiger partial charge is 0.272 e. The molecule has 0 radical (unpaired) electrons. The van der Waals surface area contributed by atoms with E-state index in [0.29, 0.717) is 49.7 Å². The number of aryl methyl sites for hydroxylation is 2. The molecule has 0 spiro atoms. The van der Waals surface area contributed by atoms with Crippen LogP contribution in [0.1, 0.15) is 45.3 Å². The summed E-state index contributed by atoms with van der Waals surface area (Å²) in [6, 6.07) is 11.4. The SMILES string of the molecule is Cc1nc([C@@]2(O)CCCN(C(=O)c3ccnn3C)CC2)sc1COc1ccccc1. The van der Waals surface area contributed by atoms with Crippen LogP contribution in [0.3, 0.4) is 0 Å². The van der Waals surface area contributed by atoms with Crippen molar-refractivity contribution in [2.75, 3.05) is 13.1 Å². The molecule has 8 heteroatoms. The van der Waals surface area contributed by atoms with Crippen LogP contribution in [0.2, 0.25) is 0 Å². The van der Waals surface area contributed by atoms with Gasteiger partial charge in [-0.1, -0.05) is 18.2 Å². The second-order valence-electron chi connectivity index (χ2n) is 7.65. The molecule has 4 rings (SSSR count). The minimum atomic E-state index is -1.03. The molecule has 158 valence electrons. The third-order valence-electron chi connectivity index (χ3n) is 5.54. The maximum Gasteiger partial charge on any atom is 0.272 e. The van der Waals surface area contributed by atoms with E-state index in [4.69, 9.17) is 4.74 Å². The van der Waals surface area contributed by atoms with E-state index in [1.54, 1.807) is 28.9 Å². The van der Waals surface area contributed by atoms with Crippen molar-refractivity contribution in [1.29, 1.82) is 0 Å². The summed E-state index contributed by atoms with van der Waals surface area (Å²) < 4.78 is 7.45. The van der Waals surface area contributed by atoms with Crippen LogP contribution in [0.5, 0.6) is 5.75 Å². The van der Waals surface area contributed by atoms with Gasteiger partial charge in [0.25, 0.3) is 5.91 Å². The van der Waals surface area contributed by atoms with Gasteiger partial charge in [-0.3, -0.25) is 9.48 Å². The first kappa shape index (κ1) is 20.6. The Balaban J connectivity index is 1.45. The van der Waals surface area contributed by atoms with Crippen LogP contribution in [-0.2, 0) is 19.3 Å². The summed E-state index contributed by atoms with van der Waals surface area (Å²) in [7, 11) is 1.76. The highest BCUT2D eigenvalue weighted by Crippen LogP contribution is 2.37. The molecule has 1 amide bonds. The van der Waals surface area contributed by atoms with E-state index in [-0.39, 0.29) is 5.91 Å². The van der Waals surface area contributed by atoms with Crippen molar-refractivity contribution >= 4 is 17.2 Å². The number of carbonyl (C=O) groups is 1. The van der Waals surface area contributed by atoms with Gasteiger partial charge in [-0.25, -0.2) is 4.98 Å². The van der Waals surface area contributed by atoms with Crippen LogP contribution in [0.15, 0.2) is 42.6 Å². The van der Waals surface area contributed by atoms with Gasteiger partial charge in [0, 0.05) is 32.8 Å². The van der Waals surface area contributed by atoms with Crippen LogP contribution < -0.4 is 4.74 Å². The van der Waals surface area contributed by atoms with Crippen molar-refractivity contribution in [2.24, 2.45) is 7.05 Å². The highest BCUT2D eigenvalue weighted by Gasteiger charge is 2.36. The molecule has 0 aliphatic carbocycles. The molecule has 1 N–H and O–H groups in total. The van der Waals surface area contributed by atoms with Gasteiger partial charge in [0.05, 0.1) is 10.6 Å². The van der Waals surface area contributed by atoms with Crippen molar-refractivity contribution in [1.82, 2.24) is 19.7 Å². The molecule has 1 fully saturated rings. The van der Waals surface area contributed by atoms with E-state index in [0.717, 1.165) is 16.3 Å². The highest BCUT2D eigenvalue weighted by atomic mass is 32.1. The van der Waals surface area contributed by atoms with Crippen molar-refractivity contribution in [3.8, 4) is 5.75 Å². The van der Waals surface area contributed by atoms with Gasteiger partial charge in [-0.15, -0.1) is 11.3 Å². The summed E-state index contributed by atoms with van der Waals surface area (Å²) in [6.45, 7) is 3.46. The lowest BCUT2D eigenvalue weighted by Gasteiger charge is -2.24. The number of aliphatic hydroxyl groups is 1. The van der Waals surface area contributed by atoms with Gasteiger partial charge in [0.15, 0.2) is 0 Å². The van der Waals surface area contributed by atoms with Crippen LogP contribution in [0.4, 0.5) is 0 Å². The van der Waals surface area contributed by atoms with Crippen molar-refractivity contribution < 1.29 is 14.6 Å². The van der Waals surface area contributed by atoms with E-state index >= 15 is 0 Å². The number of rotatable bonds is 5. The summed E-state index contributed by atoms with van der Waals surface area (Å²) >= 11 is 1.50. The zero-order chi connectivity index (χ0) is 21.1. The fourth-order valence-electron chi connectivity index (χ4n) is 3.71. The number of ether oxygens (including phenoxy) is 1. The minimum Gasteiger partial charge on any atom is -0.488 e. The van der Waals surface area contributed by atoms with Crippen LogP contribution in [0.25, 0.3) is 0 Å². The van der Waals surface area contributed by atoms with Gasteiger partial charge in [0.1, 0.15) is 28.7 Å². The Labute approximate surface area is 179 Å². The maximum atomic E-state index is 12.8. The summed E-state index contributed by atoms with van der Waals surface area (Å²) in [6.07, 6.45) is 3.38. The summed E-state index contributed by atoms with van der Waals surface area (Å²) in [4.78, 5) is 20.3. The van der Waals surface area contributed by atoms with E-state index in [1.165, 1.54) is 11.3 Å². The zero-order valence-corrected chi connectivity index (χ0v) is 18.1. The lowest BCUT2D eigenvalue weighted by atomic mass is 9.96. The molecule has 1 aliphatic heterocycles. The fraction of sp³-hybridized carbons (Fsp3) is 0.409. The van der Waals surface area contributed by atoms with Crippen molar-refractivity contribution in [2.45, 2.75) is 38.4 Å². The molecule has 3 heterocycles. The molecule has 1 aromatic carbocycles. The quantitative estimate of drug-likeness (QED) is 0.677. The van der Waals surface area contributed by atoms with Gasteiger partial charge in [-0.2, -0.15) is 5.10 Å². The third-order valence-corrected chi connectivity index (χ3v) is 6.87. The fourth-order valence-corrected chi connectivity index (χ4v) is 4.83. The molecule has 1 atom stereocenters. The number of thiazole rings is 1. The van der Waals surface area contributed by atoms with Gasteiger partial charge in [-0.05, 0) is 38.0 Å². The molecule has 1 saturated heterocycles. The van der Waals surface area contributed by atoms with Gasteiger partial charge >= 0.3 is 0 Å². The van der Waals surface area contributed by atoms with Crippen LogP contribution in [0, 0.1) is 6.92 Å². The maximum absolute atomic E-state index is 12.8. The van der Waals surface area contributed by atoms with Crippen molar-refractivity contribution in [3.05, 3.63) is 63.9 Å². The summed E-state index contributed by atoms with van der Waals surface area (Å²) in [5.74, 6) is 0.760. The molecule has 0 unspecified atom stereocenters. The Kier molecular flexibility index (Phi) is 5.87. The molecule has 7 nitrogen and oxygen atoms in total. The lowest BCUT2D eigenvalue weighted by molar-refractivity contribution is 0.0209. The molecular formula is C22H26N4O3S. The van der Waals surface area contributed by atoms with Crippen LogP contribution in [-0.4, -0.2) is 43.8 Å². The second kappa shape index (κ2) is 8.57. The Morgan fingerprint density at radius 1 is 1.23 bits per heavy atom. The summed E-state index contributed by atoms with van der Waals surface area (Å²) in [5.41, 5.74) is 0.416. The molecule has 0 saturated carbocycles. The molecule has 2 aromatic heterocycles. The third kappa shape index (κ3) is 4.24. The van der Waals surface area contributed by atoms with Gasteiger partial charge < -0.3 is 14.7 Å². The predicted molar refractivity (Wildman–Crippen MR) is 114 cm³/mol. The second-order valence-corrected chi connectivity index (χ2v) is 8.73. The Morgan fingerprint density at radius 2 is 2.03 bits per heavy atom. The molecule has 3 aromatic rings. The monoisotopic (exact) mass is 426 g/mol. The topological polar surface area (TPSA) is 80.5 Å². The highest BCUT2D eigenvalue weighted by molar-refractivity contribution is 7.11. The summed E-state index contributed by atoms with van der Waals surface area (Å²) in [5, 5.41) is 16.2. The first-order valence-electron chi connectivity index (χ1n) is 10.1. The zero-order valence-electron chi connectivity index (χ0n) is 17.2. The number of carbonyl (C=O) groups excluding carboxylic acids is 1. The number of amides is 1. The van der Waals surface area contributed by atoms with E-state index in [2.05, 4.69) is 10.1 Å². The molecule has 30 heavy (non-hydrogen) atoms. The van der Waals surface area contributed by atoms with E-state index < -0.39 is 5.60 Å². The van der Waals surface area contributed by atoms with E-state index in [1.807, 2.05) is 37.3 Å². The Bertz CT molecular complexity index is 1020. The minimum absolute atomic E-state index is 0.0495. The Hall–Kier alpha value is -2.71. The van der Waals surface area contributed by atoms with Gasteiger partial charge in [0.2, 0.25) is 0 Å². The molecule has 0 bridgehead atoms. The Morgan fingerprint density at radius 3 is 2.77 bits per heavy atom. The number of aromatic nitrogens is 3. The standard InChI is InChI=1S/C22H26N4O3S/c1-16-19(15-29-17-7-4-3-5-8-17)30-21(24-16)22(28)10-6-13-26(14-11-22)20(27)18-9-12-23-25(18)2/h3-5,7-9,12,28H,6,10-11,13-15H2,1-2H3/t22-/m1/s1. The first-order chi connectivity index (χ1) is 14.5. The number of hydrogen-bond acceptors (Lipinski definition) is 6. The first-order valence-corrected chi connectivity index (χ1v) is 10.9. The number of likely N-dealkylation sites (tertiary alicyclic amines) is 1.